The van der Waals surface area contributed by atoms with Crippen LogP contribution in [-0.2, 0) is 24.7 Å². The number of hydrogen-bond donors (Lipinski definition) is 1. The van der Waals surface area contributed by atoms with Gasteiger partial charge in [-0.15, -0.1) is 0 Å². The van der Waals surface area contributed by atoms with Gasteiger partial charge in [-0.2, -0.15) is 10.2 Å². The smallest absolute Gasteiger partial charge is 0.256 e. The first-order valence-corrected chi connectivity index (χ1v) is 14.3. The van der Waals surface area contributed by atoms with E-state index < -0.39 is 0 Å². The molecule has 10 nitrogen and oxygen atoms in total. The second-order valence-electron chi connectivity index (χ2n) is 11.4. The number of pyridine rings is 1. The summed E-state index contributed by atoms with van der Waals surface area (Å²) >= 11 is 0. The van der Waals surface area contributed by atoms with Crippen LogP contribution in [-0.4, -0.2) is 70.9 Å². The molecule has 41 heavy (non-hydrogen) atoms. The number of phenols is 1. The monoisotopic (exact) mass is 551 g/mol. The molecule has 1 saturated carbocycles. The van der Waals surface area contributed by atoms with E-state index in [2.05, 4.69) is 22.7 Å². The molecule has 1 N–H and O–H groups in total. The maximum Gasteiger partial charge on any atom is 0.256 e. The van der Waals surface area contributed by atoms with Gasteiger partial charge in [-0.05, 0) is 55.5 Å². The molecule has 0 bridgehead atoms. The van der Waals surface area contributed by atoms with E-state index in [0.717, 1.165) is 46.5 Å². The van der Waals surface area contributed by atoms with Gasteiger partial charge in [0.05, 0.1) is 34.2 Å². The van der Waals surface area contributed by atoms with Crippen LogP contribution < -0.4 is 0 Å². The molecule has 3 aliphatic rings. The lowest BCUT2D eigenvalue weighted by atomic mass is 9.80. The maximum atomic E-state index is 14.1. The molecular weight excluding hydrogens is 518 g/mol. The molecule has 10 heteroatoms. The van der Waals surface area contributed by atoms with Crippen molar-refractivity contribution in [3.63, 3.8) is 0 Å². The van der Waals surface area contributed by atoms with Gasteiger partial charge < -0.3 is 14.9 Å². The number of fused-ring (bicyclic) bond motifs is 1. The van der Waals surface area contributed by atoms with Gasteiger partial charge in [0.1, 0.15) is 17.0 Å². The molecule has 5 heterocycles. The highest BCUT2D eigenvalue weighted by molar-refractivity contribution is 5.97. The Balaban J connectivity index is 1.29. The highest BCUT2D eigenvalue weighted by Crippen LogP contribution is 2.41. The fourth-order valence-electron chi connectivity index (χ4n) is 6.67. The third-order valence-corrected chi connectivity index (χ3v) is 9.07. The molecule has 2 aliphatic heterocycles. The standard InChI is InChI=1S/C31H33N7O3/c1-4-28(40)36-12-10-22-29-24(38(34-22)23-9-8-20(15-27(23)39)19-6-5-7-19)11-13-37(26(29)17-36)31(41)21-14-25-30(32-16-21)18(2)33-35(25)3/h4,8-9,14-16,19,26,39H,1,5-7,10-13,17H2,2-3H3. The summed E-state index contributed by atoms with van der Waals surface area (Å²) in [4.78, 5) is 35.0. The molecule has 1 aliphatic carbocycles. The van der Waals surface area contributed by atoms with Crippen molar-refractivity contribution in [1.29, 1.82) is 0 Å². The number of carbonyl (C=O) groups is 2. The van der Waals surface area contributed by atoms with Gasteiger partial charge in [0, 0.05) is 51.3 Å². The van der Waals surface area contributed by atoms with Crippen LogP contribution in [0.1, 0.15) is 69.8 Å². The second kappa shape index (κ2) is 9.57. The number of carbonyl (C=O) groups excluding carboxylic acids is 2. The Labute approximate surface area is 237 Å². The first-order valence-electron chi connectivity index (χ1n) is 14.3. The van der Waals surface area contributed by atoms with E-state index in [1.54, 1.807) is 15.8 Å². The fraction of sp³-hybridized carbons (Fsp3) is 0.387. The lowest BCUT2D eigenvalue weighted by Crippen LogP contribution is -2.45. The average molecular weight is 552 g/mol. The van der Waals surface area contributed by atoms with Crippen LogP contribution in [0.25, 0.3) is 16.7 Å². The molecule has 0 spiro atoms. The summed E-state index contributed by atoms with van der Waals surface area (Å²) in [6.07, 6.45) is 7.62. The molecule has 3 aromatic heterocycles. The molecular formula is C31H33N7O3. The van der Waals surface area contributed by atoms with Gasteiger partial charge in [0.2, 0.25) is 5.91 Å². The molecule has 1 atom stereocenters. The van der Waals surface area contributed by atoms with Crippen LogP contribution in [0.2, 0.25) is 0 Å². The van der Waals surface area contributed by atoms with Crippen molar-refractivity contribution in [1.82, 2.24) is 34.3 Å². The number of aromatic nitrogens is 5. The Morgan fingerprint density at radius 1 is 1.12 bits per heavy atom. The van der Waals surface area contributed by atoms with Gasteiger partial charge in [0.25, 0.3) is 5.91 Å². The van der Waals surface area contributed by atoms with Gasteiger partial charge in [-0.1, -0.05) is 19.1 Å². The zero-order valence-corrected chi connectivity index (χ0v) is 23.4. The Bertz CT molecular complexity index is 1730. The van der Waals surface area contributed by atoms with Crippen molar-refractivity contribution >= 4 is 22.8 Å². The third-order valence-electron chi connectivity index (χ3n) is 9.07. The van der Waals surface area contributed by atoms with E-state index in [9.17, 15) is 14.7 Å². The molecule has 4 aromatic rings. The maximum absolute atomic E-state index is 14.1. The van der Waals surface area contributed by atoms with Crippen LogP contribution in [0.3, 0.4) is 0 Å². The second-order valence-corrected chi connectivity index (χ2v) is 11.4. The first-order chi connectivity index (χ1) is 19.8. The predicted octanol–water partition coefficient (Wildman–Crippen LogP) is 3.75. The van der Waals surface area contributed by atoms with Gasteiger partial charge in [-0.25, -0.2) is 4.68 Å². The largest absolute Gasteiger partial charge is 0.506 e. The minimum atomic E-state index is -0.387. The van der Waals surface area contributed by atoms with E-state index in [1.165, 1.54) is 18.1 Å². The SMILES string of the molecule is C=CC(=O)N1CCc2nn(-c3ccc(C4CCC4)cc3O)c3c2C(C1)N(C(=O)c1cnc2c(C)nn(C)c2c1)CC3. The number of rotatable bonds is 4. The number of nitrogens with zero attached hydrogens (tertiary/aromatic N) is 7. The van der Waals surface area contributed by atoms with Crippen LogP contribution in [0.5, 0.6) is 5.75 Å². The molecule has 1 unspecified atom stereocenters. The number of benzene rings is 1. The fourth-order valence-corrected chi connectivity index (χ4v) is 6.67. The van der Waals surface area contributed by atoms with Crippen molar-refractivity contribution in [2.45, 2.75) is 51.0 Å². The average Bonchev–Trinajstić information content (AvgIpc) is 3.37. The number of phenolic OH excluding ortho intramolecular Hbond substituents is 1. The summed E-state index contributed by atoms with van der Waals surface area (Å²) in [5, 5.41) is 20.5. The molecule has 1 aromatic carbocycles. The third kappa shape index (κ3) is 4.03. The molecule has 2 amide bonds. The topological polar surface area (TPSA) is 109 Å². The minimum Gasteiger partial charge on any atom is -0.506 e. The molecule has 0 radical (unpaired) electrons. The van der Waals surface area contributed by atoms with Crippen molar-refractivity contribution in [2.24, 2.45) is 7.05 Å². The summed E-state index contributed by atoms with van der Waals surface area (Å²) in [5.41, 5.74) is 7.47. The highest BCUT2D eigenvalue weighted by Gasteiger charge is 2.40. The number of amides is 2. The summed E-state index contributed by atoms with van der Waals surface area (Å²) < 4.78 is 3.60. The van der Waals surface area contributed by atoms with E-state index >= 15 is 0 Å². The summed E-state index contributed by atoms with van der Waals surface area (Å²) in [6.45, 7) is 6.85. The zero-order valence-electron chi connectivity index (χ0n) is 23.4. The van der Waals surface area contributed by atoms with Crippen LogP contribution in [0.15, 0.2) is 43.1 Å². The zero-order chi connectivity index (χ0) is 28.4. The van der Waals surface area contributed by atoms with E-state index in [-0.39, 0.29) is 23.6 Å². The van der Waals surface area contributed by atoms with Crippen molar-refractivity contribution in [3.8, 4) is 11.4 Å². The predicted molar refractivity (Wildman–Crippen MR) is 153 cm³/mol. The van der Waals surface area contributed by atoms with E-state index in [0.29, 0.717) is 49.6 Å². The van der Waals surface area contributed by atoms with Crippen LogP contribution >= 0.6 is 0 Å². The summed E-state index contributed by atoms with van der Waals surface area (Å²) in [5.74, 6) is 0.421. The number of aryl methyl sites for hydroxylation is 2. The molecule has 0 saturated heterocycles. The summed E-state index contributed by atoms with van der Waals surface area (Å²) in [6, 6.07) is 7.39. The Morgan fingerprint density at radius 2 is 1.95 bits per heavy atom. The van der Waals surface area contributed by atoms with E-state index in [1.807, 2.05) is 41.8 Å². The van der Waals surface area contributed by atoms with Gasteiger partial charge in [-0.3, -0.25) is 19.3 Å². The Morgan fingerprint density at radius 3 is 2.68 bits per heavy atom. The molecule has 210 valence electrons. The van der Waals surface area contributed by atoms with Crippen molar-refractivity contribution < 1.29 is 14.7 Å². The van der Waals surface area contributed by atoms with E-state index in [4.69, 9.17) is 5.10 Å². The Kier molecular flexibility index (Phi) is 5.95. The van der Waals surface area contributed by atoms with Gasteiger partial charge >= 0.3 is 0 Å². The summed E-state index contributed by atoms with van der Waals surface area (Å²) in [7, 11) is 1.84. The lowest BCUT2D eigenvalue weighted by molar-refractivity contribution is -0.126. The minimum absolute atomic E-state index is 0.145. The number of aromatic hydroxyl groups is 1. The van der Waals surface area contributed by atoms with Gasteiger partial charge in [0.15, 0.2) is 0 Å². The molecule has 1 fully saturated rings. The van der Waals surface area contributed by atoms with Crippen LogP contribution in [0, 0.1) is 6.92 Å². The highest BCUT2D eigenvalue weighted by atomic mass is 16.3. The Hall–Kier alpha value is -4.47. The normalized spacial score (nSPS) is 18.6. The van der Waals surface area contributed by atoms with Crippen molar-refractivity contribution in [2.75, 3.05) is 19.6 Å². The quantitative estimate of drug-likeness (QED) is 0.387. The lowest BCUT2D eigenvalue weighted by Gasteiger charge is -2.37. The van der Waals surface area contributed by atoms with Crippen molar-refractivity contribution in [3.05, 3.63) is 76.9 Å². The first kappa shape index (κ1) is 25.5. The molecule has 7 rings (SSSR count). The van der Waals surface area contributed by atoms with Crippen LogP contribution in [0.4, 0.5) is 0 Å². The number of hydrogen-bond acceptors (Lipinski definition) is 6.